The zero-order valence-corrected chi connectivity index (χ0v) is 25.6. The van der Waals surface area contributed by atoms with Crippen LogP contribution in [0.25, 0.3) is 5.82 Å². The van der Waals surface area contributed by atoms with Gasteiger partial charge in [-0.15, -0.1) is 5.10 Å². The van der Waals surface area contributed by atoms with Gasteiger partial charge in [0.15, 0.2) is 11.2 Å². The first-order valence-corrected chi connectivity index (χ1v) is 16.5. The van der Waals surface area contributed by atoms with Gasteiger partial charge in [-0.3, -0.25) is 14.3 Å². The van der Waals surface area contributed by atoms with Crippen LogP contribution in [-0.4, -0.2) is 50.9 Å². The molecule has 10 nitrogen and oxygen atoms in total. The Bertz CT molecular complexity index is 1620. The number of anilines is 2. The smallest absolute Gasteiger partial charge is 0.265 e. The van der Waals surface area contributed by atoms with Crippen LogP contribution >= 0.6 is 11.9 Å². The topological polar surface area (TPSA) is 117 Å². The van der Waals surface area contributed by atoms with E-state index in [2.05, 4.69) is 33.8 Å². The van der Waals surface area contributed by atoms with E-state index in [4.69, 9.17) is 14.8 Å². The average molecular weight is 602 g/mol. The van der Waals surface area contributed by atoms with Crippen LogP contribution in [0.2, 0.25) is 0 Å². The molecule has 1 saturated heterocycles. The van der Waals surface area contributed by atoms with Crippen LogP contribution in [0.15, 0.2) is 46.3 Å². The van der Waals surface area contributed by atoms with Gasteiger partial charge in [0.2, 0.25) is 5.88 Å². The third-order valence-electron chi connectivity index (χ3n) is 10.8. The van der Waals surface area contributed by atoms with E-state index in [9.17, 15) is 9.59 Å². The molecule has 1 atom stereocenters. The third kappa shape index (κ3) is 4.71. The molecule has 0 aromatic carbocycles. The maximum Gasteiger partial charge on any atom is 0.265 e. The van der Waals surface area contributed by atoms with E-state index < -0.39 is 0 Å². The van der Waals surface area contributed by atoms with E-state index >= 15 is 0 Å². The first-order chi connectivity index (χ1) is 20.8. The third-order valence-corrected chi connectivity index (χ3v) is 11.5. The van der Waals surface area contributed by atoms with Gasteiger partial charge in [-0.2, -0.15) is 0 Å². The minimum Gasteiger partial charge on any atom is -0.477 e. The molecule has 226 valence electrons. The Labute approximate surface area is 255 Å². The molecular weight excluding hydrogens is 562 g/mol. The number of nitrogens with zero attached hydrogens (tertiary/aromatic N) is 4. The number of rotatable bonds is 5. The van der Waals surface area contributed by atoms with Gasteiger partial charge in [0, 0.05) is 55.0 Å². The van der Waals surface area contributed by atoms with Crippen LogP contribution in [0.4, 0.5) is 11.6 Å². The monoisotopic (exact) mass is 601 g/mol. The molecule has 3 saturated carbocycles. The van der Waals surface area contributed by atoms with Crippen molar-refractivity contribution in [1.82, 2.24) is 24.5 Å². The van der Waals surface area contributed by atoms with E-state index in [1.807, 2.05) is 24.4 Å². The highest BCUT2D eigenvalue weighted by molar-refractivity contribution is 7.97. The van der Waals surface area contributed by atoms with E-state index in [0.717, 1.165) is 56.6 Å². The van der Waals surface area contributed by atoms with Crippen molar-refractivity contribution in [1.29, 1.82) is 0 Å². The molecule has 4 bridgehead atoms. The van der Waals surface area contributed by atoms with Gasteiger partial charge in [-0.05, 0) is 100 Å². The second-order valence-electron chi connectivity index (χ2n) is 13.8. The summed E-state index contributed by atoms with van der Waals surface area (Å²) < 4.78 is 10.8. The quantitative estimate of drug-likeness (QED) is 0.344. The molecule has 3 aliphatic carbocycles. The maximum atomic E-state index is 13.6. The Morgan fingerprint density at radius 3 is 2.70 bits per heavy atom. The van der Waals surface area contributed by atoms with Crippen LogP contribution in [0, 0.1) is 22.7 Å². The Balaban J connectivity index is 1.05. The van der Waals surface area contributed by atoms with Crippen molar-refractivity contribution < 1.29 is 9.53 Å². The van der Waals surface area contributed by atoms with Crippen LogP contribution in [0.1, 0.15) is 75.6 Å². The molecule has 3 aromatic heterocycles. The van der Waals surface area contributed by atoms with Gasteiger partial charge >= 0.3 is 0 Å². The molecule has 3 N–H and O–H groups in total. The number of nitrogens with one attached hydrogen (secondary N) is 3. The molecule has 0 radical (unpaired) electrons. The number of H-pyrrole nitrogens is 1. The largest absolute Gasteiger partial charge is 0.477 e. The van der Waals surface area contributed by atoms with Gasteiger partial charge in [-0.1, -0.05) is 0 Å². The highest BCUT2D eigenvalue weighted by Gasteiger charge is 2.85. The van der Waals surface area contributed by atoms with Crippen LogP contribution in [0.3, 0.4) is 0 Å². The summed E-state index contributed by atoms with van der Waals surface area (Å²) in [6, 6.07) is 8.59. The predicted molar refractivity (Wildman–Crippen MR) is 166 cm³/mol. The van der Waals surface area contributed by atoms with E-state index in [1.165, 1.54) is 31.7 Å². The van der Waals surface area contributed by atoms with Crippen molar-refractivity contribution in [3.63, 3.8) is 0 Å². The number of fused-ring (bicyclic) bond motifs is 7. The zero-order valence-electron chi connectivity index (χ0n) is 24.8. The molecule has 1 amide bonds. The predicted octanol–water partition coefficient (Wildman–Crippen LogP) is 5.16. The number of carbonyl (C=O) groups is 1. The Kier molecular flexibility index (Phi) is 6.16. The maximum absolute atomic E-state index is 13.6. The lowest BCUT2D eigenvalue weighted by Gasteiger charge is -2.34. The van der Waals surface area contributed by atoms with E-state index in [-0.39, 0.29) is 16.9 Å². The minimum absolute atomic E-state index is 0.116. The molecule has 11 heteroatoms. The molecule has 43 heavy (non-hydrogen) atoms. The van der Waals surface area contributed by atoms with Crippen LogP contribution in [-0.2, 0) is 0 Å². The second-order valence-corrected chi connectivity index (χ2v) is 14.7. The molecule has 5 aliphatic rings. The summed E-state index contributed by atoms with van der Waals surface area (Å²) in [5.41, 5.74) is 1.60. The molecule has 5 heterocycles. The van der Waals surface area contributed by atoms with Crippen molar-refractivity contribution in [2.75, 3.05) is 29.9 Å². The number of hydrogen-bond donors (Lipinski definition) is 3. The van der Waals surface area contributed by atoms with Crippen molar-refractivity contribution in [2.24, 2.45) is 22.7 Å². The zero-order chi connectivity index (χ0) is 29.4. The van der Waals surface area contributed by atoms with E-state index in [0.29, 0.717) is 57.3 Å². The summed E-state index contributed by atoms with van der Waals surface area (Å²) >= 11 is 1.10. The number of aromatic nitrogens is 4. The lowest BCUT2D eigenvalue weighted by Crippen LogP contribution is -2.40. The van der Waals surface area contributed by atoms with Crippen LogP contribution < -0.4 is 25.1 Å². The fraction of sp³-hybridized carbons (Fsp3) is 0.562. The Morgan fingerprint density at radius 1 is 1.09 bits per heavy atom. The highest BCUT2D eigenvalue weighted by atomic mass is 32.2. The molecular formula is C32H39N7O3S. The molecule has 2 aliphatic heterocycles. The fourth-order valence-corrected chi connectivity index (χ4v) is 9.14. The first kappa shape index (κ1) is 27.1. The van der Waals surface area contributed by atoms with E-state index in [1.54, 1.807) is 10.7 Å². The number of pyridine rings is 2. The summed E-state index contributed by atoms with van der Waals surface area (Å²) in [7, 11) is 0. The Morgan fingerprint density at radius 2 is 1.91 bits per heavy atom. The lowest BCUT2D eigenvalue weighted by atomic mass is 9.93. The summed E-state index contributed by atoms with van der Waals surface area (Å²) in [4.78, 5) is 36.4. The number of carbonyl (C=O) groups excluding carboxylic acids is 1. The number of amides is 1. The molecule has 1 unspecified atom stereocenters. The van der Waals surface area contributed by atoms with Crippen molar-refractivity contribution in [2.45, 2.75) is 75.8 Å². The first-order valence-electron chi connectivity index (χ1n) is 15.7. The van der Waals surface area contributed by atoms with Gasteiger partial charge in [0.05, 0.1) is 17.2 Å². The molecule has 2 spiro atoms. The molecule has 3 aromatic rings. The number of aromatic amines is 1. The molecule has 4 fully saturated rings. The fourth-order valence-electron chi connectivity index (χ4n) is 8.49. The molecule has 8 rings (SSSR count). The summed E-state index contributed by atoms with van der Waals surface area (Å²) in [6.07, 6.45) is 11.7. The van der Waals surface area contributed by atoms with Gasteiger partial charge in [0.1, 0.15) is 11.6 Å². The van der Waals surface area contributed by atoms with Gasteiger partial charge in [-0.25, -0.2) is 9.67 Å². The normalized spacial score (nSPS) is 24.5. The van der Waals surface area contributed by atoms with Crippen molar-refractivity contribution >= 4 is 29.5 Å². The number of ether oxygens (including phenoxy) is 1. The van der Waals surface area contributed by atoms with Gasteiger partial charge in [0.25, 0.3) is 5.91 Å². The van der Waals surface area contributed by atoms with Gasteiger partial charge < -0.3 is 19.9 Å². The van der Waals surface area contributed by atoms with Crippen molar-refractivity contribution in [3.8, 4) is 11.7 Å². The van der Waals surface area contributed by atoms with Crippen LogP contribution in [0.5, 0.6) is 5.88 Å². The second kappa shape index (κ2) is 9.77. The highest BCUT2D eigenvalue weighted by Crippen LogP contribution is 2.93. The Hall–Kier alpha value is -3.47. The standard InChI is InChI=1S/C32H39N7O3S/c1-30(2)18-20-4-3-13-33-24-16-21(40)17-27(34-24)43-37-29(41)22-5-6-25(35-28(22)38(30)19-20)39-14-7-26(36-39)42-15-8-23-31(9-10-31)32(23)11-12-32/h5-7,14,16-17,20,23H,3-4,8-13,15,18-19H2,1-2H3,(H,37,41)(H2,33,34,40). The average Bonchev–Trinajstić information content (AvgIpc) is 3.93. The summed E-state index contributed by atoms with van der Waals surface area (Å²) in [5.74, 6) is 3.61. The SMILES string of the molecule is CC1(C)CC2CCCNc3cc(=O)cc([nH]3)SNC(=O)c3ccc(-n4ccc(OCCC5C6(CC6)C56CC6)n4)nc3N1C2. The lowest BCUT2D eigenvalue weighted by molar-refractivity contribution is 0.0984. The number of hydrogen-bond acceptors (Lipinski definition) is 8. The minimum atomic E-state index is -0.265. The summed E-state index contributed by atoms with van der Waals surface area (Å²) in [5, 5.41) is 8.60. The van der Waals surface area contributed by atoms with Crippen molar-refractivity contribution in [3.05, 3.63) is 52.3 Å². The summed E-state index contributed by atoms with van der Waals surface area (Å²) in [6.45, 7) is 6.74.